The van der Waals surface area contributed by atoms with Gasteiger partial charge >= 0.3 is 0 Å². The molecule has 1 N–H and O–H groups in total. The van der Waals surface area contributed by atoms with Crippen LogP contribution in [-0.4, -0.2) is 33.9 Å². The third-order valence-electron chi connectivity index (χ3n) is 4.34. The van der Waals surface area contributed by atoms with Gasteiger partial charge in [-0.2, -0.15) is 0 Å². The molecule has 0 radical (unpaired) electrons. The Balaban J connectivity index is 1.66. The smallest absolute Gasteiger partial charge is 0.272 e. The Labute approximate surface area is 143 Å². The SMILES string of the molecule is Cc1cccc(CNc2cc(C(=O)N3CCCCCC3)ncn2)c1. The molecule has 126 valence electrons. The minimum absolute atomic E-state index is 0.0119. The molecule has 1 aliphatic rings. The molecule has 1 saturated heterocycles. The second-order valence-electron chi connectivity index (χ2n) is 6.34. The Bertz CT molecular complexity index is 693. The molecular formula is C19H24N4O. The van der Waals surface area contributed by atoms with Gasteiger partial charge in [0.05, 0.1) is 0 Å². The summed E-state index contributed by atoms with van der Waals surface area (Å²) in [6, 6.07) is 10.1. The van der Waals surface area contributed by atoms with E-state index < -0.39 is 0 Å². The molecule has 1 fully saturated rings. The van der Waals surface area contributed by atoms with Gasteiger partial charge in [0.25, 0.3) is 5.91 Å². The molecule has 1 aromatic carbocycles. The van der Waals surface area contributed by atoms with Gasteiger partial charge < -0.3 is 10.2 Å². The maximum atomic E-state index is 12.6. The summed E-state index contributed by atoms with van der Waals surface area (Å²) < 4.78 is 0. The molecule has 0 spiro atoms. The molecule has 0 saturated carbocycles. The summed E-state index contributed by atoms with van der Waals surface area (Å²) in [6.07, 6.45) is 6.03. The monoisotopic (exact) mass is 324 g/mol. The van der Waals surface area contributed by atoms with E-state index >= 15 is 0 Å². The van der Waals surface area contributed by atoms with Crippen molar-refractivity contribution in [2.45, 2.75) is 39.2 Å². The lowest BCUT2D eigenvalue weighted by Gasteiger charge is -2.19. The first-order valence-corrected chi connectivity index (χ1v) is 8.63. The summed E-state index contributed by atoms with van der Waals surface area (Å²) in [6.45, 7) is 4.41. The molecule has 1 amide bonds. The Morgan fingerprint density at radius 2 is 1.92 bits per heavy atom. The number of anilines is 1. The third kappa shape index (κ3) is 4.31. The van der Waals surface area contributed by atoms with Gasteiger partial charge in [0.1, 0.15) is 17.8 Å². The van der Waals surface area contributed by atoms with Crippen molar-refractivity contribution in [2.75, 3.05) is 18.4 Å². The zero-order chi connectivity index (χ0) is 16.8. The highest BCUT2D eigenvalue weighted by Gasteiger charge is 2.18. The zero-order valence-corrected chi connectivity index (χ0v) is 14.2. The second kappa shape index (κ2) is 7.90. The number of aryl methyl sites for hydroxylation is 1. The number of nitrogens with one attached hydrogen (secondary N) is 1. The van der Waals surface area contributed by atoms with Crippen molar-refractivity contribution in [3.05, 3.63) is 53.5 Å². The molecule has 24 heavy (non-hydrogen) atoms. The lowest BCUT2D eigenvalue weighted by Crippen LogP contribution is -2.32. The highest BCUT2D eigenvalue weighted by Crippen LogP contribution is 2.14. The first-order valence-electron chi connectivity index (χ1n) is 8.63. The van der Waals surface area contributed by atoms with Crippen LogP contribution in [0.2, 0.25) is 0 Å². The summed E-state index contributed by atoms with van der Waals surface area (Å²) in [5.41, 5.74) is 2.89. The molecule has 0 bridgehead atoms. The fourth-order valence-electron chi connectivity index (χ4n) is 3.02. The fraction of sp³-hybridized carbons (Fsp3) is 0.421. The topological polar surface area (TPSA) is 58.1 Å². The highest BCUT2D eigenvalue weighted by atomic mass is 16.2. The molecule has 1 aliphatic heterocycles. The number of carbonyl (C=O) groups excluding carboxylic acids is 1. The standard InChI is InChI=1S/C19H24N4O/c1-15-7-6-8-16(11-15)13-20-18-12-17(21-14-22-18)19(24)23-9-4-2-3-5-10-23/h6-8,11-12,14H,2-5,9-10,13H2,1H3,(H,20,21,22). The maximum absolute atomic E-state index is 12.6. The minimum atomic E-state index is 0.0119. The summed E-state index contributed by atoms with van der Waals surface area (Å²) in [5, 5.41) is 3.28. The molecule has 0 atom stereocenters. The number of amides is 1. The van der Waals surface area contributed by atoms with E-state index in [1.54, 1.807) is 6.07 Å². The number of hydrogen-bond donors (Lipinski definition) is 1. The molecule has 2 aromatic rings. The maximum Gasteiger partial charge on any atom is 0.272 e. The van der Waals surface area contributed by atoms with Gasteiger partial charge in [0, 0.05) is 25.7 Å². The third-order valence-corrected chi connectivity index (χ3v) is 4.34. The summed E-state index contributed by atoms with van der Waals surface area (Å²) in [5.74, 6) is 0.697. The number of benzene rings is 1. The van der Waals surface area contributed by atoms with Crippen LogP contribution in [0.25, 0.3) is 0 Å². The van der Waals surface area contributed by atoms with Crippen LogP contribution in [0.15, 0.2) is 36.7 Å². The van der Waals surface area contributed by atoms with Crippen molar-refractivity contribution >= 4 is 11.7 Å². The van der Waals surface area contributed by atoms with Crippen molar-refractivity contribution < 1.29 is 4.79 Å². The molecule has 2 heterocycles. The minimum Gasteiger partial charge on any atom is -0.366 e. The van der Waals surface area contributed by atoms with Crippen molar-refractivity contribution in [1.29, 1.82) is 0 Å². The first kappa shape index (κ1) is 16.4. The van der Waals surface area contributed by atoms with Crippen LogP contribution in [0.3, 0.4) is 0 Å². The molecule has 3 rings (SSSR count). The lowest BCUT2D eigenvalue weighted by molar-refractivity contribution is 0.0755. The van der Waals surface area contributed by atoms with Gasteiger partial charge in [-0.15, -0.1) is 0 Å². The predicted octanol–water partition coefficient (Wildman–Crippen LogP) is 3.41. The van der Waals surface area contributed by atoms with Crippen molar-refractivity contribution in [3.8, 4) is 0 Å². The van der Waals surface area contributed by atoms with Gasteiger partial charge in [-0.1, -0.05) is 42.7 Å². The van der Waals surface area contributed by atoms with E-state index in [9.17, 15) is 4.79 Å². The largest absolute Gasteiger partial charge is 0.366 e. The van der Waals surface area contributed by atoms with E-state index in [1.165, 1.54) is 30.3 Å². The molecule has 5 heteroatoms. The number of aromatic nitrogens is 2. The normalized spacial score (nSPS) is 15.0. The summed E-state index contributed by atoms with van der Waals surface area (Å²) in [4.78, 5) is 22.9. The number of nitrogens with zero attached hydrogens (tertiary/aromatic N) is 3. The predicted molar refractivity (Wildman–Crippen MR) is 94.9 cm³/mol. The van der Waals surface area contributed by atoms with Crippen LogP contribution >= 0.6 is 0 Å². The Morgan fingerprint density at radius 3 is 2.67 bits per heavy atom. The van der Waals surface area contributed by atoms with E-state index in [0.717, 1.165) is 25.9 Å². The number of hydrogen-bond acceptors (Lipinski definition) is 4. The average molecular weight is 324 g/mol. The van der Waals surface area contributed by atoms with Crippen LogP contribution in [0.4, 0.5) is 5.82 Å². The van der Waals surface area contributed by atoms with Gasteiger partial charge in [-0.05, 0) is 25.3 Å². The van der Waals surface area contributed by atoms with E-state index in [0.29, 0.717) is 18.1 Å². The van der Waals surface area contributed by atoms with E-state index in [2.05, 4.69) is 40.4 Å². The Morgan fingerprint density at radius 1 is 1.12 bits per heavy atom. The first-order chi connectivity index (χ1) is 11.7. The number of likely N-dealkylation sites (tertiary alicyclic amines) is 1. The van der Waals surface area contributed by atoms with E-state index in [1.807, 2.05) is 11.0 Å². The second-order valence-corrected chi connectivity index (χ2v) is 6.34. The summed E-state index contributed by atoms with van der Waals surface area (Å²) in [7, 11) is 0. The van der Waals surface area contributed by atoms with Gasteiger partial charge in [-0.3, -0.25) is 4.79 Å². The number of carbonyl (C=O) groups is 1. The quantitative estimate of drug-likeness (QED) is 0.936. The number of rotatable bonds is 4. The summed E-state index contributed by atoms with van der Waals surface area (Å²) >= 11 is 0. The van der Waals surface area contributed by atoms with Crippen molar-refractivity contribution in [2.24, 2.45) is 0 Å². The van der Waals surface area contributed by atoms with E-state index in [4.69, 9.17) is 0 Å². The molecule has 5 nitrogen and oxygen atoms in total. The van der Waals surface area contributed by atoms with E-state index in [-0.39, 0.29) is 5.91 Å². The van der Waals surface area contributed by atoms with Crippen molar-refractivity contribution in [3.63, 3.8) is 0 Å². The Kier molecular flexibility index (Phi) is 5.41. The molecular weight excluding hydrogens is 300 g/mol. The van der Waals surface area contributed by atoms with Crippen LogP contribution in [0.1, 0.15) is 47.3 Å². The van der Waals surface area contributed by atoms with Crippen LogP contribution in [-0.2, 0) is 6.54 Å². The average Bonchev–Trinajstić information content (AvgIpc) is 2.89. The zero-order valence-electron chi connectivity index (χ0n) is 14.2. The molecule has 0 unspecified atom stereocenters. The molecule has 1 aromatic heterocycles. The lowest BCUT2D eigenvalue weighted by atomic mass is 10.1. The molecule has 0 aliphatic carbocycles. The van der Waals surface area contributed by atoms with Gasteiger partial charge in [0.2, 0.25) is 0 Å². The van der Waals surface area contributed by atoms with Crippen molar-refractivity contribution in [1.82, 2.24) is 14.9 Å². The fourth-order valence-corrected chi connectivity index (χ4v) is 3.02. The highest BCUT2D eigenvalue weighted by molar-refractivity contribution is 5.92. The van der Waals surface area contributed by atoms with Crippen LogP contribution in [0.5, 0.6) is 0 Å². The van der Waals surface area contributed by atoms with Crippen LogP contribution < -0.4 is 5.32 Å². The Hall–Kier alpha value is -2.43. The van der Waals surface area contributed by atoms with Gasteiger partial charge in [-0.25, -0.2) is 9.97 Å². The van der Waals surface area contributed by atoms with Gasteiger partial charge in [0.15, 0.2) is 0 Å². The van der Waals surface area contributed by atoms with Crippen LogP contribution in [0, 0.1) is 6.92 Å².